The Morgan fingerprint density at radius 3 is 1.97 bits per heavy atom. The lowest BCUT2D eigenvalue weighted by atomic mass is 10.1. The summed E-state index contributed by atoms with van der Waals surface area (Å²) >= 11 is 0. The number of carbonyl (C=O) groups is 1. The Morgan fingerprint density at radius 2 is 1.40 bits per heavy atom. The first kappa shape index (κ1) is 21.6. The smallest absolute Gasteiger partial charge is 0.261 e. The van der Waals surface area contributed by atoms with Gasteiger partial charge in [-0.3, -0.25) is 4.79 Å². The van der Waals surface area contributed by atoms with Crippen molar-refractivity contribution >= 4 is 15.7 Å². The second kappa shape index (κ2) is 9.13. The van der Waals surface area contributed by atoms with Crippen LogP contribution in [0.1, 0.15) is 25.5 Å². The van der Waals surface area contributed by atoms with Gasteiger partial charge in [0.25, 0.3) is 5.91 Å². The van der Waals surface area contributed by atoms with Gasteiger partial charge in [-0.15, -0.1) is 0 Å². The number of benzene rings is 3. The number of carbonyl (C=O) groups excluding carboxylic acids is 1. The summed E-state index contributed by atoms with van der Waals surface area (Å²) in [4.78, 5) is 12.8. The van der Waals surface area contributed by atoms with Gasteiger partial charge in [0.1, 0.15) is 5.75 Å². The fraction of sp³-hybridized carbons (Fsp3) is 0.208. The van der Waals surface area contributed by atoms with E-state index in [0.29, 0.717) is 5.75 Å². The first-order chi connectivity index (χ1) is 14.2. The normalized spacial score (nSPS) is 13.3. The van der Waals surface area contributed by atoms with Gasteiger partial charge in [0.2, 0.25) is 0 Å². The zero-order chi connectivity index (χ0) is 21.7. The summed E-state index contributed by atoms with van der Waals surface area (Å²) in [6, 6.07) is 23.9. The van der Waals surface area contributed by atoms with Gasteiger partial charge in [-0.05, 0) is 54.8 Å². The Kier molecular flexibility index (Phi) is 6.57. The van der Waals surface area contributed by atoms with Gasteiger partial charge in [-0.2, -0.15) is 0 Å². The van der Waals surface area contributed by atoms with Gasteiger partial charge >= 0.3 is 0 Å². The van der Waals surface area contributed by atoms with Crippen LogP contribution < -0.4 is 10.1 Å². The highest BCUT2D eigenvalue weighted by molar-refractivity contribution is 7.90. The summed E-state index contributed by atoms with van der Waals surface area (Å²) in [7, 11) is -3.24. The van der Waals surface area contributed by atoms with Crippen molar-refractivity contribution in [2.75, 3.05) is 6.26 Å². The standard InChI is InChI=1S/C24H25NO4S/c1-17(19-11-15-23(16-12-19)30(3,27)28)25-24(26)18(2)29-22-13-9-21(10-14-22)20-7-5-4-6-8-20/h4-18H,1-3H3,(H,25,26). The topological polar surface area (TPSA) is 72.5 Å². The molecule has 3 aromatic carbocycles. The summed E-state index contributed by atoms with van der Waals surface area (Å²) in [6.07, 6.45) is 0.490. The van der Waals surface area contributed by atoms with E-state index in [0.717, 1.165) is 16.7 Å². The van der Waals surface area contributed by atoms with Crippen LogP contribution in [-0.4, -0.2) is 26.7 Å². The van der Waals surface area contributed by atoms with Crippen LogP contribution in [0.3, 0.4) is 0 Å². The van der Waals surface area contributed by atoms with Gasteiger partial charge in [-0.1, -0.05) is 54.6 Å². The third-order valence-corrected chi connectivity index (χ3v) is 5.94. The molecular weight excluding hydrogens is 398 g/mol. The Morgan fingerprint density at radius 1 is 0.833 bits per heavy atom. The van der Waals surface area contributed by atoms with Gasteiger partial charge < -0.3 is 10.1 Å². The van der Waals surface area contributed by atoms with Crippen LogP contribution in [0.5, 0.6) is 5.75 Å². The third-order valence-electron chi connectivity index (χ3n) is 4.81. The zero-order valence-electron chi connectivity index (χ0n) is 17.2. The molecule has 0 bridgehead atoms. The molecule has 2 unspecified atom stereocenters. The number of hydrogen-bond donors (Lipinski definition) is 1. The van der Waals surface area contributed by atoms with Crippen LogP contribution >= 0.6 is 0 Å². The second-order valence-corrected chi connectivity index (χ2v) is 9.24. The van der Waals surface area contributed by atoms with Gasteiger partial charge in [0, 0.05) is 6.26 Å². The van der Waals surface area contributed by atoms with Gasteiger partial charge in [-0.25, -0.2) is 8.42 Å². The molecule has 0 aliphatic rings. The van der Waals surface area contributed by atoms with Crippen LogP contribution in [0.4, 0.5) is 0 Å². The highest BCUT2D eigenvalue weighted by Gasteiger charge is 2.18. The molecule has 0 aliphatic heterocycles. The maximum atomic E-state index is 12.5. The maximum Gasteiger partial charge on any atom is 0.261 e. The Balaban J connectivity index is 1.59. The predicted molar refractivity (Wildman–Crippen MR) is 118 cm³/mol. The first-order valence-corrected chi connectivity index (χ1v) is 11.6. The van der Waals surface area contributed by atoms with Crippen molar-refractivity contribution in [3.8, 4) is 16.9 Å². The van der Waals surface area contributed by atoms with E-state index in [-0.39, 0.29) is 16.8 Å². The summed E-state index contributed by atoms with van der Waals surface area (Å²) in [5.74, 6) is 0.365. The molecule has 0 saturated carbocycles. The molecule has 2 atom stereocenters. The molecule has 0 radical (unpaired) electrons. The molecule has 0 saturated heterocycles. The van der Waals surface area contributed by atoms with Crippen molar-refractivity contribution in [3.63, 3.8) is 0 Å². The fourth-order valence-corrected chi connectivity index (χ4v) is 3.66. The number of rotatable bonds is 7. The highest BCUT2D eigenvalue weighted by atomic mass is 32.2. The van der Waals surface area contributed by atoms with Crippen molar-refractivity contribution in [3.05, 3.63) is 84.4 Å². The van der Waals surface area contributed by atoms with E-state index in [1.807, 2.05) is 61.5 Å². The number of nitrogens with one attached hydrogen (secondary N) is 1. The SMILES string of the molecule is CC(Oc1ccc(-c2ccccc2)cc1)C(=O)NC(C)c1ccc(S(C)(=O)=O)cc1. The van der Waals surface area contributed by atoms with E-state index in [2.05, 4.69) is 5.32 Å². The number of ether oxygens (including phenoxy) is 1. The Bertz CT molecular complexity index is 1090. The first-order valence-electron chi connectivity index (χ1n) is 9.66. The predicted octanol–water partition coefficient (Wildman–Crippen LogP) is 4.40. The largest absolute Gasteiger partial charge is 0.481 e. The molecule has 156 valence electrons. The van der Waals surface area contributed by atoms with E-state index in [4.69, 9.17) is 4.74 Å². The van der Waals surface area contributed by atoms with E-state index in [9.17, 15) is 13.2 Å². The maximum absolute atomic E-state index is 12.5. The quantitative estimate of drug-likeness (QED) is 0.611. The van der Waals surface area contributed by atoms with Crippen molar-refractivity contribution in [2.24, 2.45) is 0 Å². The lowest BCUT2D eigenvalue weighted by Crippen LogP contribution is -2.37. The highest BCUT2D eigenvalue weighted by Crippen LogP contribution is 2.23. The van der Waals surface area contributed by atoms with Crippen molar-refractivity contribution in [1.29, 1.82) is 0 Å². The minimum Gasteiger partial charge on any atom is -0.481 e. The molecule has 3 rings (SSSR count). The second-order valence-electron chi connectivity index (χ2n) is 7.22. The lowest BCUT2D eigenvalue weighted by Gasteiger charge is -2.19. The minimum absolute atomic E-state index is 0.248. The number of hydrogen-bond acceptors (Lipinski definition) is 4. The molecule has 1 N–H and O–H groups in total. The van der Waals surface area contributed by atoms with Gasteiger partial charge in [0.15, 0.2) is 15.9 Å². The van der Waals surface area contributed by atoms with E-state index >= 15 is 0 Å². The van der Waals surface area contributed by atoms with Crippen molar-refractivity contribution in [1.82, 2.24) is 5.32 Å². The number of amides is 1. The molecule has 5 nitrogen and oxygen atoms in total. The molecular formula is C24H25NO4S. The van der Waals surface area contributed by atoms with E-state index in [1.54, 1.807) is 31.2 Å². The van der Waals surface area contributed by atoms with E-state index < -0.39 is 15.9 Å². The van der Waals surface area contributed by atoms with Crippen molar-refractivity contribution in [2.45, 2.75) is 30.9 Å². The van der Waals surface area contributed by atoms with Crippen LogP contribution in [-0.2, 0) is 14.6 Å². The molecule has 6 heteroatoms. The molecule has 1 amide bonds. The summed E-state index contributed by atoms with van der Waals surface area (Å²) in [6.45, 7) is 3.54. The van der Waals surface area contributed by atoms with E-state index in [1.165, 1.54) is 6.26 Å². The number of sulfone groups is 1. The van der Waals surface area contributed by atoms with Gasteiger partial charge in [0.05, 0.1) is 10.9 Å². The fourth-order valence-electron chi connectivity index (χ4n) is 3.03. The average molecular weight is 424 g/mol. The van der Waals surface area contributed by atoms with Crippen LogP contribution in [0.2, 0.25) is 0 Å². The lowest BCUT2D eigenvalue weighted by molar-refractivity contribution is -0.127. The average Bonchev–Trinajstić information content (AvgIpc) is 2.74. The monoisotopic (exact) mass is 423 g/mol. The molecule has 0 aliphatic carbocycles. The summed E-state index contributed by atoms with van der Waals surface area (Å²) in [5.41, 5.74) is 3.01. The molecule has 0 fully saturated rings. The molecule has 3 aromatic rings. The van der Waals surface area contributed by atoms with Crippen LogP contribution in [0.25, 0.3) is 11.1 Å². The Hall–Kier alpha value is -3.12. The molecule has 0 heterocycles. The summed E-state index contributed by atoms with van der Waals surface area (Å²) < 4.78 is 28.9. The van der Waals surface area contributed by atoms with Crippen LogP contribution in [0.15, 0.2) is 83.8 Å². The third kappa shape index (κ3) is 5.48. The minimum atomic E-state index is -3.24. The molecule has 30 heavy (non-hydrogen) atoms. The zero-order valence-corrected chi connectivity index (χ0v) is 18.0. The van der Waals surface area contributed by atoms with Crippen LogP contribution in [0, 0.1) is 0 Å². The molecule has 0 aromatic heterocycles. The Labute approximate surface area is 177 Å². The van der Waals surface area contributed by atoms with Crippen molar-refractivity contribution < 1.29 is 17.9 Å². The summed E-state index contributed by atoms with van der Waals surface area (Å²) in [5, 5.41) is 2.90. The molecule has 0 spiro atoms.